The molecule has 1 atom stereocenters. The van der Waals surface area contributed by atoms with Crippen LogP contribution in [0.4, 0.5) is 11.4 Å². The predicted molar refractivity (Wildman–Crippen MR) is 153 cm³/mol. The first kappa shape index (κ1) is 26.2. The van der Waals surface area contributed by atoms with Crippen LogP contribution in [0.25, 0.3) is 23.1 Å². The zero-order chi connectivity index (χ0) is 27.0. The van der Waals surface area contributed by atoms with Gasteiger partial charge in [-0.2, -0.15) is 5.10 Å². The number of aliphatic hydroxyl groups excluding tert-OH is 1. The number of nitrogens with zero attached hydrogens (tertiary/aromatic N) is 3. The number of benzene rings is 2. The van der Waals surface area contributed by atoms with Crippen molar-refractivity contribution in [2.75, 3.05) is 25.1 Å². The number of fused-ring (bicyclic) bond motifs is 1. The van der Waals surface area contributed by atoms with Crippen LogP contribution in [0.1, 0.15) is 52.8 Å². The van der Waals surface area contributed by atoms with Crippen LogP contribution >= 0.6 is 0 Å². The second kappa shape index (κ2) is 12.4. The van der Waals surface area contributed by atoms with Gasteiger partial charge in [-0.05, 0) is 86.4 Å². The number of pyridine rings is 1. The van der Waals surface area contributed by atoms with Crippen LogP contribution in [0.3, 0.4) is 0 Å². The quantitative estimate of drug-likeness (QED) is 0.293. The number of aromatic nitrogens is 3. The lowest BCUT2D eigenvalue weighted by Gasteiger charge is -2.23. The van der Waals surface area contributed by atoms with Gasteiger partial charge in [-0.1, -0.05) is 24.0 Å². The molecule has 1 saturated heterocycles. The summed E-state index contributed by atoms with van der Waals surface area (Å²) in [7, 11) is 0. The number of aryl methyl sites for hydroxylation is 1. The molecule has 1 fully saturated rings. The van der Waals surface area contributed by atoms with Gasteiger partial charge < -0.3 is 20.5 Å². The lowest BCUT2D eigenvalue weighted by molar-refractivity contribution is -0.0367. The van der Waals surface area contributed by atoms with Crippen LogP contribution < -0.4 is 10.6 Å². The highest BCUT2D eigenvalue weighted by Gasteiger charge is 2.21. The minimum absolute atomic E-state index is 0.131. The van der Waals surface area contributed by atoms with E-state index in [0.29, 0.717) is 17.9 Å². The van der Waals surface area contributed by atoms with Crippen molar-refractivity contribution in [3.8, 4) is 11.8 Å². The average molecular weight is 522 g/mol. The minimum atomic E-state index is -0.246. The van der Waals surface area contributed by atoms with Gasteiger partial charge in [0.2, 0.25) is 0 Å². The molecule has 5 rings (SSSR count). The minimum Gasteiger partial charge on any atom is -0.384 e. The van der Waals surface area contributed by atoms with Crippen LogP contribution in [-0.2, 0) is 4.74 Å². The Morgan fingerprint density at radius 2 is 2.05 bits per heavy atom. The number of hydrogen-bond donors (Lipinski definition) is 3. The van der Waals surface area contributed by atoms with Gasteiger partial charge in [0.25, 0.3) is 5.91 Å². The topological polar surface area (TPSA) is 101 Å². The van der Waals surface area contributed by atoms with Gasteiger partial charge in [0.15, 0.2) is 6.23 Å². The van der Waals surface area contributed by atoms with Gasteiger partial charge in [-0.15, -0.1) is 0 Å². The fourth-order valence-electron chi connectivity index (χ4n) is 4.60. The Bertz CT molecular complexity index is 1560. The number of para-hydroxylation sites is 1. The largest absolute Gasteiger partial charge is 0.384 e. The Kier molecular flexibility index (Phi) is 8.32. The zero-order valence-corrected chi connectivity index (χ0v) is 21.9. The Morgan fingerprint density at radius 3 is 2.87 bits per heavy atom. The molecule has 198 valence electrons. The van der Waals surface area contributed by atoms with Crippen LogP contribution in [0, 0.1) is 18.8 Å². The number of carbonyl (C=O) groups excluding carboxylic acids is 1. The normalized spacial score (nSPS) is 15.2. The Labute approximate surface area is 227 Å². The maximum atomic E-state index is 12.8. The Hall–Kier alpha value is -4.45. The molecule has 1 amide bonds. The highest BCUT2D eigenvalue weighted by molar-refractivity contribution is 6.01. The van der Waals surface area contributed by atoms with Crippen LogP contribution in [-0.4, -0.2) is 45.5 Å². The molecule has 4 aromatic rings. The summed E-state index contributed by atoms with van der Waals surface area (Å²) in [5.74, 6) is 4.99. The summed E-state index contributed by atoms with van der Waals surface area (Å²) in [5.41, 5.74) is 5.83. The summed E-state index contributed by atoms with van der Waals surface area (Å²) in [4.78, 5) is 17.2. The molecule has 0 spiro atoms. The van der Waals surface area contributed by atoms with Crippen molar-refractivity contribution in [1.29, 1.82) is 0 Å². The van der Waals surface area contributed by atoms with Crippen molar-refractivity contribution in [2.45, 2.75) is 32.4 Å². The van der Waals surface area contributed by atoms with E-state index < -0.39 is 0 Å². The number of nitrogens with one attached hydrogen (secondary N) is 2. The van der Waals surface area contributed by atoms with E-state index in [1.807, 2.05) is 72.3 Å². The number of amides is 1. The molecule has 8 nitrogen and oxygen atoms in total. The van der Waals surface area contributed by atoms with Crippen molar-refractivity contribution >= 4 is 40.3 Å². The van der Waals surface area contributed by atoms with Crippen LogP contribution in [0.2, 0.25) is 0 Å². The number of anilines is 2. The summed E-state index contributed by atoms with van der Waals surface area (Å²) in [6.07, 6.45) is 8.70. The third-order valence-corrected chi connectivity index (χ3v) is 6.51. The predicted octanol–water partition coefficient (Wildman–Crippen LogP) is 5.08. The monoisotopic (exact) mass is 521 g/mol. The molecular formula is C31H31N5O3. The van der Waals surface area contributed by atoms with Crippen molar-refractivity contribution < 1.29 is 14.6 Å². The molecule has 0 radical (unpaired) electrons. The Balaban J connectivity index is 1.47. The summed E-state index contributed by atoms with van der Waals surface area (Å²) < 4.78 is 8.07. The summed E-state index contributed by atoms with van der Waals surface area (Å²) in [5, 5.41) is 20.9. The molecule has 3 N–H and O–H groups in total. The first-order chi connectivity index (χ1) is 19.1. The number of ether oxygens (including phenoxy) is 1. The van der Waals surface area contributed by atoms with Gasteiger partial charge in [0.1, 0.15) is 6.61 Å². The summed E-state index contributed by atoms with van der Waals surface area (Å²) >= 11 is 0. The lowest BCUT2D eigenvalue weighted by atomic mass is 10.1. The fraction of sp³-hybridized carbons (Fsp3) is 0.258. The van der Waals surface area contributed by atoms with Crippen molar-refractivity contribution in [2.24, 2.45) is 0 Å². The van der Waals surface area contributed by atoms with Gasteiger partial charge in [0.05, 0.1) is 34.7 Å². The average Bonchev–Trinajstić information content (AvgIpc) is 3.33. The van der Waals surface area contributed by atoms with Gasteiger partial charge in [0, 0.05) is 23.9 Å². The Morgan fingerprint density at radius 1 is 1.15 bits per heavy atom. The fourth-order valence-corrected chi connectivity index (χ4v) is 4.60. The van der Waals surface area contributed by atoms with Gasteiger partial charge in [-0.3, -0.25) is 9.78 Å². The second-order valence-electron chi connectivity index (χ2n) is 9.34. The molecule has 39 heavy (non-hydrogen) atoms. The van der Waals surface area contributed by atoms with Crippen molar-refractivity contribution in [3.63, 3.8) is 0 Å². The van der Waals surface area contributed by atoms with Crippen molar-refractivity contribution in [3.05, 3.63) is 83.3 Å². The van der Waals surface area contributed by atoms with E-state index in [0.717, 1.165) is 52.8 Å². The molecule has 0 bridgehead atoms. The van der Waals surface area contributed by atoms with E-state index in [-0.39, 0.29) is 25.3 Å². The molecule has 2 aromatic heterocycles. The number of rotatable bonds is 7. The molecule has 1 unspecified atom stereocenters. The van der Waals surface area contributed by atoms with Gasteiger partial charge in [-0.25, -0.2) is 4.68 Å². The standard InChI is InChI=1S/C31H31N5O3/c1-22-15-17-32-23(20-22)12-14-28-25-13-11-24(21-29(25)36(35-28)30-10-4-7-19-39-30)34-27-9-3-2-8-26(27)31(38)33-16-5-6-18-37/h2-3,8-9,11-15,17,20-21,30,34,37H,4,7,10,16,18-19H2,1H3,(H,33,38)/b14-12+. The van der Waals surface area contributed by atoms with Crippen LogP contribution in [0.5, 0.6) is 0 Å². The first-order valence-electron chi connectivity index (χ1n) is 13.1. The van der Waals surface area contributed by atoms with E-state index in [2.05, 4.69) is 27.5 Å². The molecule has 1 aliphatic heterocycles. The molecule has 8 heteroatoms. The van der Waals surface area contributed by atoms with E-state index in [9.17, 15) is 4.79 Å². The van der Waals surface area contributed by atoms with E-state index in [1.54, 1.807) is 12.3 Å². The molecule has 0 aliphatic carbocycles. The third kappa shape index (κ3) is 6.34. The molecule has 1 aliphatic rings. The highest BCUT2D eigenvalue weighted by atomic mass is 16.5. The first-order valence-corrected chi connectivity index (χ1v) is 13.1. The molecule has 3 heterocycles. The van der Waals surface area contributed by atoms with E-state index in [1.165, 1.54) is 0 Å². The maximum absolute atomic E-state index is 12.8. The van der Waals surface area contributed by atoms with E-state index in [4.69, 9.17) is 14.9 Å². The lowest BCUT2D eigenvalue weighted by Crippen LogP contribution is -2.24. The zero-order valence-electron chi connectivity index (χ0n) is 21.9. The van der Waals surface area contributed by atoms with Crippen LogP contribution in [0.15, 0.2) is 60.8 Å². The smallest absolute Gasteiger partial charge is 0.254 e. The third-order valence-electron chi connectivity index (χ3n) is 6.51. The van der Waals surface area contributed by atoms with Crippen molar-refractivity contribution in [1.82, 2.24) is 20.1 Å². The highest BCUT2D eigenvalue weighted by Crippen LogP contribution is 2.32. The summed E-state index contributed by atoms with van der Waals surface area (Å²) in [6.45, 7) is 2.69. The molecular weight excluding hydrogens is 490 g/mol. The number of aliphatic hydroxyl groups is 1. The maximum Gasteiger partial charge on any atom is 0.254 e. The van der Waals surface area contributed by atoms with Gasteiger partial charge >= 0.3 is 0 Å². The number of carbonyl (C=O) groups is 1. The number of hydrogen-bond acceptors (Lipinski definition) is 6. The molecule has 2 aromatic carbocycles. The SMILES string of the molecule is Cc1ccnc(/C=C/c2nn(C3CCCCO3)c3cc(Nc4ccccc4C(=O)NCC#CCO)ccc23)c1. The molecule has 0 saturated carbocycles. The second-order valence-corrected chi connectivity index (χ2v) is 9.34. The van der Waals surface area contributed by atoms with E-state index >= 15 is 0 Å². The summed E-state index contributed by atoms with van der Waals surface area (Å²) in [6, 6.07) is 17.4.